The number of ether oxygens (including phenoxy) is 1. The van der Waals surface area contributed by atoms with Crippen LogP contribution in [0.4, 0.5) is 5.82 Å². The van der Waals surface area contributed by atoms with Gasteiger partial charge in [-0.25, -0.2) is 4.98 Å². The maximum Gasteiger partial charge on any atom is 0.254 e. The third-order valence-corrected chi connectivity index (χ3v) is 3.43. The first-order valence-corrected chi connectivity index (χ1v) is 6.25. The van der Waals surface area contributed by atoms with Crippen molar-refractivity contribution in [3.8, 4) is 0 Å². The number of aromatic nitrogens is 4. The first-order valence-electron chi connectivity index (χ1n) is 6.25. The Hall–Kier alpha value is -1.69. The summed E-state index contributed by atoms with van der Waals surface area (Å²) in [5, 5.41) is 7.68. The predicted molar refractivity (Wildman–Crippen MR) is 67.5 cm³/mol. The van der Waals surface area contributed by atoms with Crippen LogP contribution in [0.5, 0.6) is 0 Å². The lowest BCUT2D eigenvalue weighted by atomic mass is 10.0. The zero-order chi connectivity index (χ0) is 12.5. The van der Waals surface area contributed by atoms with Gasteiger partial charge in [-0.2, -0.15) is 14.6 Å². The summed E-state index contributed by atoms with van der Waals surface area (Å²) in [6.45, 7) is 5.84. The smallest absolute Gasteiger partial charge is 0.254 e. The van der Waals surface area contributed by atoms with Gasteiger partial charge in [0, 0.05) is 30.3 Å². The molecular weight excluding hydrogens is 230 g/mol. The highest BCUT2D eigenvalue weighted by Gasteiger charge is 2.22. The number of hydrogen-bond acceptors (Lipinski definition) is 5. The predicted octanol–water partition coefficient (Wildman–Crippen LogP) is 1.27. The average molecular weight is 247 g/mol. The minimum Gasteiger partial charge on any atom is -0.381 e. The molecule has 1 N–H and O–H groups in total. The standard InChI is InChI=1S/C12H17N5O/c1-8-5-11(17-12(15-8)13-7-14-17)16-9(2)10-3-4-18-6-10/h5,7,9-10,16H,3-4,6H2,1-2H3. The van der Waals surface area contributed by atoms with E-state index in [1.807, 2.05) is 13.0 Å². The van der Waals surface area contributed by atoms with Gasteiger partial charge in [0.15, 0.2) is 0 Å². The van der Waals surface area contributed by atoms with Gasteiger partial charge in [-0.15, -0.1) is 0 Å². The van der Waals surface area contributed by atoms with E-state index in [0.717, 1.165) is 31.1 Å². The van der Waals surface area contributed by atoms with Crippen LogP contribution in [-0.4, -0.2) is 38.8 Å². The van der Waals surface area contributed by atoms with E-state index in [9.17, 15) is 0 Å². The summed E-state index contributed by atoms with van der Waals surface area (Å²) in [5.74, 6) is 2.12. The Labute approximate surface area is 105 Å². The molecule has 0 amide bonds. The number of anilines is 1. The summed E-state index contributed by atoms with van der Waals surface area (Å²) in [7, 11) is 0. The second-order valence-corrected chi connectivity index (χ2v) is 4.81. The third-order valence-electron chi connectivity index (χ3n) is 3.43. The van der Waals surface area contributed by atoms with Crippen molar-refractivity contribution in [2.24, 2.45) is 5.92 Å². The van der Waals surface area contributed by atoms with E-state index >= 15 is 0 Å². The summed E-state index contributed by atoms with van der Waals surface area (Å²) in [4.78, 5) is 8.45. The van der Waals surface area contributed by atoms with Crippen molar-refractivity contribution < 1.29 is 4.74 Å². The van der Waals surface area contributed by atoms with Gasteiger partial charge in [0.05, 0.1) is 6.61 Å². The van der Waals surface area contributed by atoms with Crippen LogP contribution in [0.15, 0.2) is 12.4 Å². The molecule has 18 heavy (non-hydrogen) atoms. The molecule has 1 saturated heterocycles. The fraction of sp³-hybridized carbons (Fsp3) is 0.583. The molecule has 2 unspecified atom stereocenters. The Bertz CT molecular complexity index is 546. The molecule has 0 aliphatic carbocycles. The van der Waals surface area contributed by atoms with Gasteiger partial charge in [-0.3, -0.25) is 0 Å². The Kier molecular flexibility index (Phi) is 2.87. The summed E-state index contributed by atoms with van der Waals surface area (Å²) in [6, 6.07) is 2.34. The first-order chi connectivity index (χ1) is 8.74. The van der Waals surface area contributed by atoms with Crippen LogP contribution in [0, 0.1) is 12.8 Å². The van der Waals surface area contributed by atoms with Crippen molar-refractivity contribution in [3.63, 3.8) is 0 Å². The van der Waals surface area contributed by atoms with Crippen LogP contribution in [0.25, 0.3) is 5.78 Å². The van der Waals surface area contributed by atoms with Gasteiger partial charge in [-0.1, -0.05) is 0 Å². The maximum atomic E-state index is 5.43. The quantitative estimate of drug-likeness (QED) is 0.884. The molecule has 3 heterocycles. The lowest BCUT2D eigenvalue weighted by Gasteiger charge is -2.20. The number of aryl methyl sites for hydroxylation is 1. The minimum atomic E-state index is 0.349. The molecule has 2 aromatic heterocycles. The molecule has 0 aromatic carbocycles. The molecular formula is C12H17N5O. The molecule has 0 saturated carbocycles. The van der Waals surface area contributed by atoms with Crippen molar-refractivity contribution in [2.45, 2.75) is 26.3 Å². The number of hydrogen-bond donors (Lipinski definition) is 1. The summed E-state index contributed by atoms with van der Waals surface area (Å²) in [5.41, 5.74) is 0.938. The van der Waals surface area contributed by atoms with Crippen molar-refractivity contribution in [3.05, 3.63) is 18.1 Å². The number of rotatable bonds is 3. The average Bonchev–Trinajstić information content (AvgIpc) is 2.98. The molecule has 0 spiro atoms. The Balaban J connectivity index is 1.86. The van der Waals surface area contributed by atoms with Gasteiger partial charge < -0.3 is 10.1 Å². The van der Waals surface area contributed by atoms with Crippen LogP contribution >= 0.6 is 0 Å². The van der Waals surface area contributed by atoms with Crippen molar-refractivity contribution in [2.75, 3.05) is 18.5 Å². The SMILES string of the molecule is Cc1cc(NC(C)C2CCOC2)n2ncnc2n1. The zero-order valence-electron chi connectivity index (χ0n) is 10.6. The number of nitrogens with zero attached hydrogens (tertiary/aromatic N) is 4. The van der Waals surface area contributed by atoms with Crippen molar-refractivity contribution in [1.29, 1.82) is 0 Å². The normalized spacial score (nSPS) is 21.3. The van der Waals surface area contributed by atoms with Gasteiger partial charge in [0.2, 0.25) is 0 Å². The van der Waals surface area contributed by atoms with Gasteiger partial charge in [0.25, 0.3) is 5.78 Å². The molecule has 96 valence electrons. The molecule has 6 nitrogen and oxygen atoms in total. The highest BCUT2D eigenvalue weighted by atomic mass is 16.5. The van der Waals surface area contributed by atoms with E-state index in [1.165, 1.54) is 6.33 Å². The Morgan fingerprint density at radius 1 is 1.56 bits per heavy atom. The molecule has 0 bridgehead atoms. The minimum absolute atomic E-state index is 0.349. The second-order valence-electron chi connectivity index (χ2n) is 4.81. The van der Waals surface area contributed by atoms with Crippen LogP contribution in [-0.2, 0) is 4.74 Å². The fourth-order valence-electron chi connectivity index (χ4n) is 2.33. The summed E-state index contributed by atoms with van der Waals surface area (Å²) >= 11 is 0. The van der Waals surface area contributed by atoms with Crippen molar-refractivity contribution >= 4 is 11.6 Å². The highest BCUT2D eigenvalue weighted by molar-refractivity contribution is 5.45. The molecule has 6 heteroatoms. The Morgan fingerprint density at radius 2 is 2.44 bits per heavy atom. The molecule has 2 aromatic rings. The summed E-state index contributed by atoms with van der Waals surface area (Å²) in [6.07, 6.45) is 2.63. The highest BCUT2D eigenvalue weighted by Crippen LogP contribution is 2.20. The Morgan fingerprint density at radius 3 is 3.22 bits per heavy atom. The lowest BCUT2D eigenvalue weighted by Crippen LogP contribution is -2.27. The monoisotopic (exact) mass is 247 g/mol. The van der Waals surface area contributed by atoms with E-state index in [4.69, 9.17) is 4.74 Å². The van der Waals surface area contributed by atoms with Crippen LogP contribution in [0.1, 0.15) is 19.0 Å². The molecule has 1 aliphatic rings. The number of nitrogens with one attached hydrogen (secondary N) is 1. The first kappa shape index (κ1) is 11.4. The molecule has 1 aliphatic heterocycles. The zero-order valence-corrected chi connectivity index (χ0v) is 10.6. The van der Waals surface area contributed by atoms with Crippen LogP contribution < -0.4 is 5.32 Å². The lowest BCUT2D eigenvalue weighted by molar-refractivity contribution is 0.183. The topological polar surface area (TPSA) is 64.3 Å². The van der Waals surface area contributed by atoms with Crippen molar-refractivity contribution in [1.82, 2.24) is 19.6 Å². The molecule has 0 radical (unpaired) electrons. The van der Waals surface area contributed by atoms with E-state index < -0.39 is 0 Å². The van der Waals surface area contributed by atoms with E-state index in [2.05, 4.69) is 27.3 Å². The van der Waals surface area contributed by atoms with Gasteiger partial charge in [0.1, 0.15) is 12.1 Å². The fourth-order valence-corrected chi connectivity index (χ4v) is 2.33. The molecule has 3 rings (SSSR count). The molecule has 2 atom stereocenters. The number of fused-ring (bicyclic) bond motifs is 1. The van der Waals surface area contributed by atoms with Gasteiger partial charge >= 0.3 is 0 Å². The molecule has 1 fully saturated rings. The van der Waals surface area contributed by atoms with E-state index in [0.29, 0.717) is 17.7 Å². The van der Waals surface area contributed by atoms with Crippen LogP contribution in [0.3, 0.4) is 0 Å². The van der Waals surface area contributed by atoms with Crippen LogP contribution in [0.2, 0.25) is 0 Å². The third kappa shape index (κ3) is 2.03. The van der Waals surface area contributed by atoms with Gasteiger partial charge in [-0.05, 0) is 20.3 Å². The largest absolute Gasteiger partial charge is 0.381 e. The second kappa shape index (κ2) is 4.53. The van der Waals surface area contributed by atoms with E-state index in [1.54, 1.807) is 4.52 Å². The maximum absolute atomic E-state index is 5.43. The van der Waals surface area contributed by atoms with E-state index in [-0.39, 0.29) is 0 Å². The summed E-state index contributed by atoms with van der Waals surface area (Å²) < 4.78 is 7.16.